The molecule has 212 valence electrons. The molecule has 0 saturated heterocycles. The molecular weight excluding hydrogens is 490 g/mol. The van der Waals surface area contributed by atoms with E-state index in [2.05, 4.69) is 20.9 Å². The lowest BCUT2D eigenvalue weighted by Crippen LogP contribution is -2.59. The van der Waals surface area contributed by atoms with E-state index in [-0.39, 0.29) is 38.2 Å². The third-order valence-electron chi connectivity index (χ3n) is 5.24. The van der Waals surface area contributed by atoms with Crippen LogP contribution in [0.25, 0.3) is 0 Å². The minimum atomic E-state index is -1.45. The van der Waals surface area contributed by atoms with Crippen LogP contribution in [-0.2, 0) is 24.0 Å². The number of carbonyl (C=O) groups is 5. The molecule has 0 rings (SSSR count). The van der Waals surface area contributed by atoms with Gasteiger partial charge >= 0.3 is 5.97 Å². The number of primary amides is 1. The summed E-state index contributed by atoms with van der Waals surface area (Å²) in [5, 5.41) is 26.5. The number of rotatable bonds is 19. The van der Waals surface area contributed by atoms with Gasteiger partial charge in [0, 0.05) is 13.0 Å². The summed E-state index contributed by atoms with van der Waals surface area (Å²) < 4.78 is 0. The van der Waals surface area contributed by atoms with Crippen LogP contribution in [0.4, 0.5) is 0 Å². The third kappa shape index (κ3) is 14.6. The number of aliphatic carboxylic acids is 1. The van der Waals surface area contributed by atoms with Crippen molar-refractivity contribution in [3.05, 3.63) is 0 Å². The quantitative estimate of drug-likeness (QED) is 0.0431. The number of hydrogen-bond acceptors (Lipinski definition) is 9. The summed E-state index contributed by atoms with van der Waals surface area (Å²) >= 11 is 0. The lowest BCUT2D eigenvalue weighted by molar-refractivity contribution is -0.142. The van der Waals surface area contributed by atoms with E-state index < -0.39 is 59.9 Å². The number of aliphatic imine (C=N–C) groups is 1. The number of carbonyl (C=O) groups excluding carboxylic acids is 4. The lowest BCUT2D eigenvalue weighted by Gasteiger charge is -2.26. The summed E-state index contributed by atoms with van der Waals surface area (Å²) in [6, 6.07) is -5.10. The Balaban J connectivity index is 5.36. The molecule has 37 heavy (non-hydrogen) atoms. The highest BCUT2D eigenvalue weighted by Crippen LogP contribution is 2.06. The van der Waals surface area contributed by atoms with Gasteiger partial charge in [0.2, 0.25) is 23.6 Å². The summed E-state index contributed by atoms with van der Waals surface area (Å²) in [5.41, 5.74) is 26.8. The first-order chi connectivity index (χ1) is 17.3. The first-order valence-corrected chi connectivity index (χ1v) is 11.9. The Labute approximate surface area is 215 Å². The van der Waals surface area contributed by atoms with Crippen LogP contribution in [0.5, 0.6) is 0 Å². The summed E-state index contributed by atoms with van der Waals surface area (Å²) in [4.78, 5) is 64.4. The first kappa shape index (κ1) is 33.5. The van der Waals surface area contributed by atoms with Crippen molar-refractivity contribution in [2.24, 2.45) is 33.7 Å². The summed E-state index contributed by atoms with van der Waals surface area (Å²) in [7, 11) is 0. The number of carboxylic acid groups (broad SMARTS) is 1. The number of nitrogens with two attached hydrogens (primary N) is 5. The predicted molar refractivity (Wildman–Crippen MR) is 134 cm³/mol. The molecule has 0 aliphatic carbocycles. The molecule has 0 heterocycles. The number of hydrogen-bond donors (Lipinski definition) is 10. The highest BCUT2D eigenvalue weighted by Gasteiger charge is 2.32. The molecule has 4 amide bonds. The summed E-state index contributed by atoms with van der Waals surface area (Å²) in [6.07, 6.45) is -0.244. The highest BCUT2D eigenvalue weighted by atomic mass is 16.4. The van der Waals surface area contributed by atoms with Crippen molar-refractivity contribution >= 4 is 35.6 Å². The Morgan fingerprint density at radius 1 is 0.838 bits per heavy atom. The molecule has 16 heteroatoms. The number of guanidine groups is 1. The van der Waals surface area contributed by atoms with Crippen molar-refractivity contribution in [1.29, 1.82) is 0 Å². The third-order valence-corrected chi connectivity index (χ3v) is 5.24. The maximum Gasteiger partial charge on any atom is 0.326 e. The molecule has 0 aromatic heterocycles. The topological polar surface area (TPSA) is 304 Å². The van der Waals surface area contributed by atoms with E-state index in [0.717, 1.165) is 0 Å². The van der Waals surface area contributed by atoms with Crippen LogP contribution in [0.2, 0.25) is 0 Å². The van der Waals surface area contributed by atoms with Crippen molar-refractivity contribution in [1.82, 2.24) is 16.0 Å². The normalized spacial score (nSPS) is 14.8. The molecule has 0 bridgehead atoms. The molecule has 0 aliphatic heterocycles. The second kappa shape index (κ2) is 17.9. The fraction of sp³-hybridized carbons (Fsp3) is 0.714. The number of aliphatic hydroxyl groups excluding tert-OH is 1. The largest absolute Gasteiger partial charge is 0.480 e. The van der Waals surface area contributed by atoms with E-state index >= 15 is 0 Å². The van der Waals surface area contributed by atoms with Gasteiger partial charge in [0.25, 0.3) is 0 Å². The molecular formula is C21H41N9O7. The number of nitrogens with one attached hydrogen (secondary N) is 3. The fourth-order valence-corrected chi connectivity index (χ4v) is 3.16. The standard InChI is InChI=1S/C21H41N9O7/c1-11(31)16(30-17(33)12(23)5-4-10-27-21(25)26)19(35)28-13(6-2-3-9-22)18(34)29-14(20(36)37)7-8-15(24)32/h11-14,16,31H,2-10,22-23H2,1H3,(H2,24,32)(H,28,35)(H,29,34)(H,30,33)(H,36,37)(H4,25,26,27). The zero-order valence-corrected chi connectivity index (χ0v) is 21.0. The number of nitrogens with zero attached hydrogens (tertiary/aromatic N) is 1. The molecule has 5 unspecified atom stereocenters. The van der Waals surface area contributed by atoms with Crippen LogP contribution in [0, 0.1) is 0 Å². The predicted octanol–water partition coefficient (Wildman–Crippen LogP) is -4.32. The van der Waals surface area contributed by atoms with Gasteiger partial charge in [-0.05, 0) is 52.0 Å². The van der Waals surface area contributed by atoms with Crippen molar-refractivity contribution in [3.8, 4) is 0 Å². The van der Waals surface area contributed by atoms with Gasteiger partial charge in [-0.2, -0.15) is 0 Å². The Morgan fingerprint density at radius 3 is 1.97 bits per heavy atom. The van der Waals surface area contributed by atoms with E-state index in [0.29, 0.717) is 25.8 Å². The van der Waals surface area contributed by atoms with Crippen LogP contribution in [0.1, 0.15) is 51.9 Å². The number of aliphatic hydroxyl groups is 1. The van der Waals surface area contributed by atoms with E-state index in [1.807, 2.05) is 0 Å². The molecule has 0 aliphatic rings. The van der Waals surface area contributed by atoms with Crippen molar-refractivity contribution in [3.63, 3.8) is 0 Å². The van der Waals surface area contributed by atoms with Gasteiger partial charge in [0.05, 0.1) is 12.1 Å². The molecule has 16 nitrogen and oxygen atoms in total. The minimum Gasteiger partial charge on any atom is -0.480 e. The van der Waals surface area contributed by atoms with Gasteiger partial charge in [-0.1, -0.05) is 0 Å². The molecule has 0 fully saturated rings. The molecule has 5 atom stereocenters. The van der Waals surface area contributed by atoms with Crippen LogP contribution in [-0.4, -0.2) is 89.1 Å². The molecule has 15 N–H and O–H groups in total. The van der Waals surface area contributed by atoms with Gasteiger partial charge in [-0.15, -0.1) is 0 Å². The van der Waals surface area contributed by atoms with Gasteiger partial charge in [-0.25, -0.2) is 4.79 Å². The molecule has 0 aromatic carbocycles. The van der Waals surface area contributed by atoms with Crippen LogP contribution >= 0.6 is 0 Å². The summed E-state index contributed by atoms with van der Waals surface area (Å²) in [6.45, 7) is 1.84. The Morgan fingerprint density at radius 2 is 1.46 bits per heavy atom. The van der Waals surface area contributed by atoms with Gasteiger partial charge in [-0.3, -0.25) is 24.2 Å². The lowest BCUT2D eigenvalue weighted by atomic mass is 10.0. The number of carboxylic acids is 1. The van der Waals surface area contributed by atoms with Crippen LogP contribution in [0.3, 0.4) is 0 Å². The number of amides is 4. The zero-order chi connectivity index (χ0) is 28.5. The molecule has 0 saturated carbocycles. The van der Waals surface area contributed by atoms with Gasteiger partial charge < -0.3 is 54.8 Å². The maximum absolute atomic E-state index is 12.9. The Hall–Kier alpha value is -3.50. The van der Waals surface area contributed by atoms with E-state index in [4.69, 9.17) is 28.7 Å². The SMILES string of the molecule is CC(O)C(NC(=O)C(N)CCCN=C(N)N)C(=O)NC(CCCCN)C(=O)NC(CCC(N)=O)C(=O)O. The smallest absolute Gasteiger partial charge is 0.326 e. The van der Waals surface area contributed by atoms with Crippen molar-refractivity contribution in [2.75, 3.05) is 13.1 Å². The number of unbranched alkanes of at least 4 members (excludes halogenated alkanes) is 1. The fourth-order valence-electron chi connectivity index (χ4n) is 3.16. The zero-order valence-electron chi connectivity index (χ0n) is 21.0. The van der Waals surface area contributed by atoms with Crippen LogP contribution in [0.15, 0.2) is 4.99 Å². The van der Waals surface area contributed by atoms with Crippen molar-refractivity contribution < 1.29 is 34.2 Å². The average Bonchev–Trinajstić information content (AvgIpc) is 2.80. The van der Waals surface area contributed by atoms with E-state index in [1.54, 1.807) is 0 Å². The van der Waals surface area contributed by atoms with E-state index in [9.17, 15) is 34.2 Å². The Kier molecular flexibility index (Phi) is 16.2. The minimum absolute atomic E-state index is 0.0989. The van der Waals surface area contributed by atoms with Crippen LogP contribution < -0.4 is 44.6 Å². The second-order valence-electron chi connectivity index (χ2n) is 8.53. The van der Waals surface area contributed by atoms with E-state index in [1.165, 1.54) is 6.92 Å². The Bertz CT molecular complexity index is 803. The maximum atomic E-state index is 12.9. The van der Waals surface area contributed by atoms with Gasteiger partial charge in [0.1, 0.15) is 18.1 Å². The molecule has 0 aromatic rings. The van der Waals surface area contributed by atoms with Gasteiger partial charge in [0.15, 0.2) is 5.96 Å². The first-order valence-electron chi connectivity index (χ1n) is 11.9. The monoisotopic (exact) mass is 531 g/mol. The molecule has 0 radical (unpaired) electrons. The molecule has 0 spiro atoms. The summed E-state index contributed by atoms with van der Waals surface area (Å²) in [5.74, 6) is -4.64. The highest BCUT2D eigenvalue weighted by molar-refractivity contribution is 5.94. The second-order valence-corrected chi connectivity index (χ2v) is 8.53. The van der Waals surface area contributed by atoms with Crippen molar-refractivity contribution in [2.45, 2.75) is 82.1 Å². The average molecular weight is 532 g/mol.